The number of anilines is 2. The molecule has 0 aliphatic carbocycles. The van der Waals surface area contributed by atoms with Crippen LogP contribution in [-0.4, -0.2) is 56.8 Å². The molecule has 2 aromatic rings. The molecular weight excluding hydrogens is 464 g/mol. The first-order valence-electron chi connectivity index (χ1n) is 12.4. The minimum absolute atomic E-state index is 0.140. The number of sulfonamides is 1. The number of hydrogen-bond acceptors (Lipinski definition) is 5. The zero-order chi connectivity index (χ0) is 24.6. The number of aryl methyl sites for hydroxylation is 1. The van der Waals surface area contributed by atoms with Crippen molar-refractivity contribution in [1.29, 1.82) is 0 Å². The minimum Gasteiger partial charge on any atom is -0.358 e. The van der Waals surface area contributed by atoms with Crippen LogP contribution >= 0.6 is 0 Å². The van der Waals surface area contributed by atoms with Crippen LogP contribution in [0, 0.1) is 6.92 Å². The molecule has 9 heteroatoms. The highest BCUT2D eigenvalue weighted by Gasteiger charge is 2.41. The SMILES string of the molecule is Cc1cccc(CNC(=O)CN2C(=O)[C@@H]3CCCCN3c3ccc(S(=O)(=O)N4CCCC4)cc32)c1. The Morgan fingerprint density at radius 3 is 2.54 bits per heavy atom. The van der Waals surface area contributed by atoms with E-state index in [1.54, 1.807) is 18.2 Å². The molecule has 2 aromatic carbocycles. The van der Waals surface area contributed by atoms with Gasteiger partial charge >= 0.3 is 0 Å². The average molecular weight is 497 g/mol. The Morgan fingerprint density at radius 2 is 1.77 bits per heavy atom. The largest absolute Gasteiger partial charge is 0.358 e. The standard InChI is InChI=1S/C26H32N4O4S/c1-19-7-6-8-20(15-19)17-27-25(31)18-30-24-16-21(35(33,34)28-12-4-5-13-28)10-11-22(24)29-14-3-2-9-23(29)26(30)32/h6-8,10-11,15-16,23H,2-5,9,12-14,17-18H2,1H3,(H,27,31)/t23-/m0/s1. The normalized spacial score (nSPS) is 20.5. The van der Waals surface area contributed by atoms with Gasteiger partial charge in [0, 0.05) is 26.2 Å². The molecule has 3 aliphatic rings. The van der Waals surface area contributed by atoms with E-state index in [9.17, 15) is 18.0 Å². The fourth-order valence-corrected chi connectivity index (χ4v) is 6.90. The summed E-state index contributed by atoms with van der Waals surface area (Å²) in [5.74, 6) is -0.415. The van der Waals surface area contributed by atoms with E-state index in [1.807, 2.05) is 31.2 Å². The fourth-order valence-electron chi connectivity index (χ4n) is 5.36. The van der Waals surface area contributed by atoms with Crippen molar-refractivity contribution >= 4 is 33.2 Å². The third kappa shape index (κ3) is 4.67. The van der Waals surface area contributed by atoms with Crippen molar-refractivity contribution in [1.82, 2.24) is 9.62 Å². The van der Waals surface area contributed by atoms with Gasteiger partial charge in [-0.3, -0.25) is 14.5 Å². The number of carbonyl (C=O) groups is 2. The summed E-state index contributed by atoms with van der Waals surface area (Å²) in [6, 6.07) is 12.6. The van der Waals surface area contributed by atoms with Crippen LogP contribution < -0.4 is 15.1 Å². The van der Waals surface area contributed by atoms with Crippen molar-refractivity contribution in [3.63, 3.8) is 0 Å². The van der Waals surface area contributed by atoms with Crippen LogP contribution in [0.4, 0.5) is 11.4 Å². The number of benzene rings is 2. The Morgan fingerprint density at radius 1 is 1.00 bits per heavy atom. The molecule has 0 spiro atoms. The number of fused-ring (bicyclic) bond motifs is 3. The van der Waals surface area contributed by atoms with Gasteiger partial charge in [-0.15, -0.1) is 0 Å². The highest BCUT2D eigenvalue weighted by Crippen LogP contribution is 2.41. The minimum atomic E-state index is -3.64. The Bertz CT molecular complexity index is 1240. The van der Waals surface area contributed by atoms with E-state index in [2.05, 4.69) is 10.2 Å². The van der Waals surface area contributed by atoms with E-state index in [0.717, 1.165) is 55.5 Å². The zero-order valence-corrected chi connectivity index (χ0v) is 20.9. The van der Waals surface area contributed by atoms with Crippen molar-refractivity contribution in [2.45, 2.75) is 56.5 Å². The molecule has 35 heavy (non-hydrogen) atoms. The number of nitrogens with zero attached hydrogens (tertiary/aromatic N) is 3. The van der Waals surface area contributed by atoms with Gasteiger partial charge in [0.15, 0.2) is 0 Å². The van der Waals surface area contributed by atoms with E-state index in [-0.39, 0.29) is 29.3 Å². The maximum Gasteiger partial charge on any atom is 0.250 e. The molecule has 5 rings (SSSR count). The molecule has 186 valence electrons. The number of hydrogen-bond donors (Lipinski definition) is 1. The third-order valence-electron chi connectivity index (χ3n) is 7.18. The Kier molecular flexibility index (Phi) is 6.55. The molecule has 0 aromatic heterocycles. The first kappa shape index (κ1) is 23.8. The van der Waals surface area contributed by atoms with Crippen LogP contribution in [0.2, 0.25) is 0 Å². The lowest BCUT2D eigenvalue weighted by molar-refractivity contribution is -0.125. The molecule has 2 fully saturated rings. The molecule has 0 bridgehead atoms. The van der Waals surface area contributed by atoms with Gasteiger partial charge in [-0.05, 0) is 62.8 Å². The summed E-state index contributed by atoms with van der Waals surface area (Å²) >= 11 is 0. The summed E-state index contributed by atoms with van der Waals surface area (Å²) in [6.45, 7) is 3.99. The molecule has 2 amide bonds. The molecule has 8 nitrogen and oxygen atoms in total. The lowest BCUT2D eigenvalue weighted by atomic mass is 9.96. The summed E-state index contributed by atoms with van der Waals surface area (Å²) < 4.78 is 28.0. The fraction of sp³-hybridized carbons (Fsp3) is 0.462. The predicted octanol–water partition coefficient (Wildman–Crippen LogP) is 2.80. The van der Waals surface area contributed by atoms with Gasteiger partial charge < -0.3 is 10.2 Å². The first-order chi connectivity index (χ1) is 16.8. The molecular formula is C26H32N4O4S. The number of amides is 2. The van der Waals surface area contributed by atoms with Crippen LogP contribution in [0.5, 0.6) is 0 Å². The molecule has 1 atom stereocenters. The van der Waals surface area contributed by atoms with E-state index in [4.69, 9.17) is 0 Å². The third-order valence-corrected chi connectivity index (χ3v) is 9.07. The summed E-state index contributed by atoms with van der Waals surface area (Å²) in [5.41, 5.74) is 3.42. The van der Waals surface area contributed by atoms with Gasteiger partial charge in [0.2, 0.25) is 21.8 Å². The van der Waals surface area contributed by atoms with Crippen molar-refractivity contribution in [3.05, 3.63) is 53.6 Å². The van der Waals surface area contributed by atoms with Crippen molar-refractivity contribution in [2.75, 3.05) is 36.0 Å². The van der Waals surface area contributed by atoms with Crippen LogP contribution in [-0.2, 0) is 26.2 Å². The van der Waals surface area contributed by atoms with Crippen LogP contribution in [0.25, 0.3) is 0 Å². The van der Waals surface area contributed by atoms with Gasteiger partial charge in [-0.1, -0.05) is 29.8 Å². The number of rotatable bonds is 6. The first-order valence-corrected chi connectivity index (χ1v) is 13.8. The van der Waals surface area contributed by atoms with Gasteiger partial charge in [0.1, 0.15) is 12.6 Å². The van der Waals surface area contributed by atoms with Gasteiger partial charge in [0.25, 0.3) is 0 Å². The molecule has 0 radical (unpaired) electrons. The van der Waals surface area contributed by atoms with Crippen LogP contribution in [0.1, 0.15) is 43.2 Å². The lowest BCUT2D eigenvalue weighted by Gasteiger charge is -2.45. The summed E-state index contributed by atoms with van der Waals surface area (Å²) in [7, 11) is -3.64. The highest BCUT2D eigenvalue weighted by atomic mass is 32.2. The van der Waals surface area contributed by atoms with Crippen molar-refractivity contribution in [2.24, 2.45) is 0 Å². The molecule has 0 saturated carbocycles. The molecule has 1 N–H and O–H groups in total. The molecule has 3 aliphatic heterocycles. The topological polar surface area (TPSA) is 90.0 Å². The Labute approximate surface area is 206 Å². The summed E-state index contributed by atoms with van der Waals surface area (Å²) in [4.78, 5) is 30.2. The number of piperidine rings is 1. The lowest BCUT2D eigenvalue weighted by Crippen LogP contribution is -2.57. The second kappa shape index (κ2) is 9.62. The van der Waals surface area contributed by atoms with Gasteiger partial charge in [-0.25, -0.2) is 8.42 Å². The Hall–Kier alpha value is -2.91. The van der Waals surface area contributed by atoms with E-state index >= 15 is 0 Å². The number of carbonyl (C=O) groups excluding carboxylic acids is 2. The number of nitrogens with one attached hydrogen (secondary N) is 1. The van der Waals surface area contributed by atoms with Gasteiger partial charge in [0.05, 0.1) is 16.3 Å². The van der Waals surface area contributed by atoms with E-state index < -0.39 is 10.0 Å². The van der Waals surface area contributed by atoms with Crippen molar-refractivity contribution in [3.8, 4) is 0 Å². The predicted molar refractivity (Wildman–Crippen MR) is 135 cm³/mol. The molecule has 2 saturated heterocycles. The second-order valence-electron chi connectivity index (χ2n) is 9.66. The maximum absolute atomic E-state index is 13.5. The van der Waals surface area contributed by atoms with Crippen LogP contribution in [0.3, 0.4) is 0 Å². The highest BCUT2D eigenvalue weighted by molar-refractivity contribution is 7.89. The maximum atomic E-state index is 13.5. The molecule has 3 heterocycles. The summed E-state index contributed by atoms with van der Waals surface area (Å²) in [6.07, 6.45) is 4.37. The quantitative estimate of drug-likeness (QED) is 0.664. The average Bonchev–Trinajstić information content (AvgIpc) is 3.41. The van der Waals surface area contributed by atoms with E-state index in [0.29, 0.717) is 25.3 Å². The van der Waals surface area contributed by atoms with Gasteiger partial charge in [-0.2, -0.15) is 4.31 Å². The van der Waals surface area contributed by atoms with Crippen LogP contribution in [0.15, 0.2) is 47.4 Å². The smallest absolute Gasteiger partial charge is 0.250 e. The molecule has 0 unspecified atom stereocenters. The van der Waals surface area contributed by atoms with E-state index in [1.165, 1.54) is 9.21 Å². The second-order valence-corrected chi connectivity index (χ2v) is 11.6. The zero-order valence-electron chi connectivity index (χ0n) is 20.1. The monoisotopic (exact) mass is 496 g/mol. The van der Waals surface area contributed by atoms with Crippen molar-refractivity contribution < 1.29 is 18.0 Å². The summed E-state index contributed by atoms with van der Waals surface area (Å²) in [5, 5.41) is 2.91. The Balaban J connectivity index is 1.43.